The zero-order chi connectivity index (χ0) is 16.1. The summed E-state index contributed by atoms with van der Waals surface area (Å²) in [6.07, 6.45) is 0. The van der Waals surface area contributed by atoms with Crippen LogP contribution in [0.25, 0.3) is 11.3 Å². The molecule has 0 radical (unpaired) electrons. The second kappa shape index (κ2) is 8.18. The third-order valence-corrected chi connectivity index (χ3v) is 4.36. The molecule has 0 unspecified atom stereocenters. The molecular formula is C17H21Cl2N3O. The van der Waals surface area contributed by atoms with Crippen molar-refractivity contribution >= 4 is 23.2 Å². The predicted octanol–water partition coefficient (Wildman–Crippen LogP) is 3.25. The van der Waals surface area contributed by atoms with Crippen LogP contribution in [0.3, 0.4) is 0 Å². The molecule has 4 nitrogen and oxygen atoms in total. The number of nitrogens with zero attached hydrogens (tertiary/aromatic N) is 1. The van der Waals surface area contributed by atoms with Crippen LogP contribution < -0.4 is 10.6 Å². The lowest BCUT2D eigenvalue weighted by molar-refractivity contribution is 0.240. The van der Waals surface area contributed by atoms with Gasteiger partial charge in [0.2, 0.25) is 0 Å². The third kappa shape index (κ3) is 4.96. The number of halogens is 2. The number of rotatable bonds is 6. The normalized spacial score (nSPS) is 15.9. The average molecular weight is 354 g/mol. The van der Waals surface area contributed by atoms with Crippen LogP contribution in [0.5, 0.6) is 0 Å². The summed E-state index contributed by atoms with van der Waals surface area (Å²) >= 11 is 12.1. The highest BCUT2D eigenvalue weighted by Gasteiger charge is 2.09. The fourth-order valence-electron chi connectivity index (χ4n) is 2.71. The number of benzene rings is 1. The molecule has 0 saturated carbocycles. The van der Waals surface area contributed by atoms with Gasteiger partial charge >= 0.3 is 0 Å². The molecule has 0 amide bonds. The maximum absolute atomic E-state index is 6.04. The van der Waals surface area contributed by atoms with E-state index in [2.05, 4.69) is 15.5 Å². The number of hydrogen-bond acceptors (Lipinski definition) is 4. The summed E-state index contributed by atoms with van der Waals surface area (Å²) in [6, 6.07) is 9.37. The van der Waals surface area contributed by atoms with Crippen molar-refractivity contribution in [2.45, 2.75) is 6.54 Å². The van der Waals surface area contributed by atoms with Crippen molar-refractivity contribution in [3.05, 3.63) is 46.1 Å². The number of nitrogens with one attached hydrogen (secondary N) is 2. The van der Waals surface area contributed by atoms with Gasteiger partial charge in [-0.3, -0.25) is 4.90 Å². The van der Waals surface area contributed by atoms with Crippen molar-refractivity contribution in [2.75, 3.05) is 39.3 Å². The summed E-state index contributed by atoms with van der Waals surface area (Å²) in [5, 5.41) is 8.01. The van der Waals surface area contributed by atoms with E-state index in [1.807, 2.05) is 24.3 Å². The molecule has 0 bridgehead atoms. The van der Waals surface area contributed by atoms with E-state index in [0.717, 1.165) is 62.9 Å². The summed E-state index contributed by atoms with van der Waals surface area (Å²) in [5.41, 5.74) is 0.898. The Morgan fingerprint density at radius 2 is 1.83 bits per heavy atom. The Morgan fingerprint density at radius 1 is 1.09 bits per heavy atom. The molecule has 1 aromatic heterocycles. The highest BCUT2D eigenvalue weighted by molar-refractivity contribution is 6.35. The molecule has 2 heterocycles. The predicted molar refractivity (Wildman–Crippen MR) is 95.2 cm³/mol. The Hall–Kier alpha value is -1.04. The number of piperazine rings is 1. The summed E-state index contributed by atoms with van der Waals surface area (Å²) in [7, 11) is 0. The Kier molecular flexibility index (Phi) is 5.97. The molecule has 1 aliphatic heterocycles. The monoisotopic (exact) mass is 353 g/mol. The lowest BCUT2D eigenvalue weighted by Gasteiger charge is -2.27. The first-order valence-corrected chi connectivity index (χ1v) is 8.65. The zero-order valence-electron chi connectivity index (χ0n) is 12.9. The molecular weight excluding hydrogens is 333 g/mol. The standard InChI is InChI=1S/C17H21Cl2N3O/c18-14-9-13(10-15(19)11-14)17-2-1-16(23-17)12-21-5-8-22-6-3-20-4-7-22/h1-2,9-11,20-21H,3-8,12H2. The zero-order valence-corrected chi connectivity index (χ0v) is 14.5. The molecule has 2 N–H and O–H groups in total. The van der Waals surface area contributed by atoms with E-state index in [9.17, 15) is 0 Å². The van der Waals surface area contributed by atoms with E-state index in [4.69, 9.17) is 27.6 Å². The van der Waals surface area contributed by atoms with Gasteiger partial charge in [-0.15, -0.1) is 0 Å². The number of furan rings is 1. The van der Waals surface area contributed by atoms with Crippen LogP contribution >= 0.6 is 23.2 Å². The van der Waals surface area contributed by atoms with Crippen LogP contribution in [0.1, 0.15) is 5.76 Å². The highest BCUT2D eigenvalue weighted by Crippen LogP contribution is 2.28. The van der Waals surface area contributed by atoms with Crippen molar-refractivity contribution in [1.82, 2.24) is 15.5 Å². The van der Waals surface area contributed by atoms with Gasteiger partial charge in [0.25, 0.3) is 0 Å². The molecule has 2 aromatic rings. The maximum atomic E-state index is 6.04. The van der Waals surface area contributed by atoms with Crippen molar-refractivity contribution in [1.29, 1.82) is 0 Å². The molecule has 3 rings (SSSR count). The lowest BCUT2D eigenvalue weighted by atomic mass is 10.2. The van der Waals surface area contributed by atoms with Gasteiger partial charge in [-0.1, -0.05) is 23.2 Å². The summed E-state index contributed by atoms with van der Waals surface area (Å²) in [5.74, 6) is 1.70. The van der Waals surface area contributed by atoms with Gasteiger partial charge in [0, 0.05) is 54.9 Å². The molecule has 6 heteroatoms. The second-order valence-corrected chi connectivity index (χ2v) is 6.57. The van der Waals surface area contributed by atoms with Crippen LogP contribution in [0, 0.1) is 0 Å². The van der Waals surface area contributed by atoms with E-state index in [1.165, 1.54) is 0 Å². The molecule has 0 aliphatic carbocycles. The van der Waals surface area contributed by atoms with Gasteiger partial charge in [-0.2, -0.15) is 0 Å². The van der Waals surface area contributed by atoms with E-state index in [1.54, 1.807) is 6.07 Å². The highest BCUT2D eigenvalue weighted by atomic mass is 35.5. The Bertz CT molecular complexity index is 618. The minimum atomic E-state index is 0.611. The first-order valence-electron chi connectivity index (χ1n) is 7.90. The minimum absolute atomic E-state index is 0.611. The van der Waals surface area contributed by atoms with E-state index >= 15 is 0 Å². The van der Waals surface area contributed by atoms with Crippen LogP contribution in [0.15, 0.2) is 34.7 Å². The van der Waals surface area contributed by atoms with Gasteiger partial charge in [0.15, 0.2) is 0 Å². The molecule has 0 spiro atoms. The minimum Gasteiger partial charge on any atom is -0.460 e. The first kappa shape index (κ1) is 16.8. The van der Waals surface area contributed by atoms with E-state index in [0.29, 0.717) is 10.0 Å². The van der Waals surface area contributed by atoms with Gasteiger partial charge in [-0.25, -0.2) is 0 Å². The summed E-state index contributed by atoms with van der Waals surface area (Å²) in [6.45, 7) is 7.18. The average Bonchev–Trinajstić information content (AvgIpc) is 3.01. The Balaban J connectivity index is 1.49. The lowest BCUT2D eigenvalue weighted by Crippen LogP contribution is -2.45. The topological polar surface area (TPSA) is 40.4 Å². The first-order chi connectivity index (χ1) is 11.2. The third-order valence-electron chi connectivity index (χ3n) is 3.92. The van der Waals surface area contributed by atoms with Gasteiger partial charge < -0.3 is 15.1 Å². The SMILES string of the molecule is Clc1cc(Cl)cc(-c2ccc(CNCCN3CCNCC3)o2)c1. The Labute approximate surface area is 146 Å². The summed E-state index contributed by atoms with van der Waals surface area (Å²) in [4.78, 5) is 2.46. The quantitative estimate of drug-likeness (QED) is 0.782. The van der Waals surface area contributed by atoms with E-state index < -0.39 is 0 Å². The molecule has 1 aliphatic rings. The number of hydrogen-bond donors (Lipinski definition) is 2. The van der Waals surface area contributed by atoms with Crippen molar-refractivity contribution < 1.29 is 4.42 Å². The van der Waals surface area contributed by atoms with Crippen molar-refractivity contribution in [3.8, 4) is 11.3 Å². The molecule has 1 aromatic carbocycles. The second-order valence-electron chi connectivity index (χ2n) is 5.69. The van der Waals surface area contributed by atoms with Crippen molar-refractivity contribution in [2.24, 2.45) is 0 Å². The maximum Gasteiger partial charge on any atom is 0.134 e. The molecule has 0 atom stereocenters. The largest absolute Gasteiger partial charge is 0.460 e. The van der Waals surface area contributed by atoms with Crippen LogP contribution in [-0.4, -0.2) is 44.2 Å². The molecule has 1 fully saturated rings. The van der Waals surface area contributed by atoms with E-state index in [-0.39, 0.29) is 0 Å². The van der Waals surface area contributed by atoms with Gasteiger partial charge in [0.05, 0.1) is 6.54 Å². The Morgan fingerprint density at radius 3 is 2.57 bits per heavy atom. The molecule has 23 heavy (non-hydrogen) atoms. The molecule has 124 valence electrons. The van der Waals surface area contributed by atoms with Gasteiger partial charge in [-0.05, 0) is 30.3 Å². The fraction of sp³-hybridized carbons (Fsp3) is 0.412. The smallest absolute Gasteiger partial charge is 0.134 e. The fourth-order valence-corrected chi connectivity index (χ4v) is 3.23. The molecule has 1 saturated heterocycles. The van der Waals surface area contributed by atoms with Crippen LogP contribution in [0.4, 0.5) is 0 Å². The van der Waals surface area contributed by atoms with Gasteiger partial charge in [0.1, 0.15) is 11.5 Å². The van der Waals surface area contributed by atoms with Crippen LogP contribution in [0.2, 0.25) is 10.0 Å². The van der Waals surface area contributed by atoms with Crippen LogP contribution in [-0.2, 0) is 6.54 Å². The summed E-state index contributed by atoms with van der Waals surface area (Å²) < 4.78 is 5.87. The van der Waals surface area contributed by atoms with Crippen molar-refractivity contribution in [3.63, 3.8) is 0 Å².